The van der Waals surface area contributed by atoms with Crippen molar-refractivity contribution in [2.75, 3.05) is 32.7 Å². The summed E-state index contributed by atoms with van der Waals surface area (Å²) in [5.41, 5.74) is -0.368. The summed E-state index contributed by atoms with van der Waals surface area (Å²) in [5.74, 6) is 1.19. The number of carbonyl (C=O) groups excluding carboxylic acids is 2. The molecule has 2 atom stereocenters. The zero-order chi connectivity index (χ0) is 17.3. The third-order valence-corrected chi connectivity index (χ3v) is 5.55. The van der Waals surface area contributed by atoms with Gasteiger partial charge in [-0.05, 0) is 38.0 Å². The summed E-state index contributed by atoms with van der Waals surface area (Å²) in [6.45, 7) is 10.5. The van der Waals surface area contributed by atoms with E-state index in [1.807, 2.05) is 25.7 Å². The number of amides is 2. The Balaban J connectivity index is 1.47. The van der Waals surface area contributed by atoms with E-state index >= 15 is 0 Å². The average Bonchev–Trinajstić information content (AvgIpc) is 3.24. The molecule has 136 valence electrons. The van der Waals surface area contributed by atoms with Crippen LogP contribution in [0.5, 0.6) is 0 Å². The fourth-order valence-electron chi connectivity index (χ4n) is 3.95. The van der Waals surface area contributed by atoms with E-state index in [1.54, 1.807) is 0 Å². The van der Waals surface area contributed by atoms with E-state index < -0.39 is 0 Å². The topological polar surface area (TPSA) is 52.7 Å². The molecule has 0 bridgehead atoms. The Kier molecular flexibility index (Phi) is 5.19. The summed E-state index contributed by atoms with van der Waals surface area (Å²) in [4.78, 5) is 29.5. The van der Waals surface area contributed by atoms with Crippen LogP contribution in [-0.2, 0) is 9.59 Å². The summed E-state index contributed by atoms with van der Waals surface area (Å²) in [6, 6.07) is 0.296. The molecule has 3 aliphatic rings. The van der Waals surface area contributed by atoms with E-state index in [0.29, 0.717) is 12.6 Å². The molecule has 1 aliphatic carbocycles. The van der Waals surface area contributed by atoms with Crippen LogP contribution in [0.25, 0.3) is 0 Å². The van der Waals surface area contributed by atoms with Gasteiger partial charge in [-0.2, -0.15) is 0 Å². The number of hydrogen-bond donors (Lipinski definition) is 1. The largest absolute Gasteiger partial charge is 0.352 e. The maximum absolute atomic E-state index is 12.6. The Morgan fingerprint density at radius 3 is 2.46 bits per heavy atom. The van der Waals surface area contributed by atoms with E-state index in [2.05, 4.69) is 10.2 Å². The van der Waals surface area contributed by atoms with Gasteiger partial charge in [-0.15, -0.1) is 0 Å². The molecule has 0 spiro atoms. The van der Waals surface area contributed by atoms with Crippen molar-refractivity contribution in [3.8, 4) is 0 Å². The first-order valence-electron chi connectivity index (χ1n) is 9.65. The molecule has 2 amide bonds. The lowest BCUT2D eigenvalue weighted by atomic mass is 9.91. The zero-order valence-corrected chi connectivity index (χ0v) is 15.5. The molecule has 24 heavy (non-hydrogen) atoms. The highest BCUT2D eigenvalue weighted by molar-refractivity contribution is 5.84. The fraction of sp³-hybridized carbons (Fsp3) is 0.895. The predicted octanol–water partition coefficient (Wildman–Crippen LogP) is 1.87. The molecule has 3 rings (SSSR count). The lowest BCUT2D eigenvalue weighted by molar-refractivity contribution is -0.142. The highest BCUT2D eigenvalue weighted by Gasteiger charge is 2.35. The first-order valence-corrected chi connectivity index (χ1v) is 9.65. The molecule has 0 radical (unpaired) electrons. The summed E-state index contributed by atoms with van der Waals surface area (Å²) < 4.78 is 0. The maximum Gasteiger partial charge on any atom is 0.227 e. The van der Waals surface area contributed by atoms with Crippen molar-refractivity contribution in [1.82, 2.24) is 15.1 Å². The van der Waals surface area contributed by atoms with E-state index in [1.165, 1.54) is 19.4 Å². The van der Waals surface area contributed by atoms with Gasteiger partial charge in [-0.1, -0.05) is 20.8 Å². The van der Waals surface area contributed by atoms with Crippen LogP contribution in [0.3, 0.4) is 0 Å². The van der Waals surface area contributed by atoms with Gasteiger partial charge >= 0.3 is 0 Å². The second-order valence-electron chi connectivity index (χ2n) is 9.04. The molecule has 0 aromatic heterocycles. The van der Waals surface area contributed by atoms with Crippen LogP contribution in [0.2, 0.25) is 0 Å². The second-order valence-corrected chi connectivity index (χ2v) is 9.04. The van der Waals surface area contributed by atoms with Gasteiger partial charge in [0.2, 0.25) is 11.8 Å². The van der Waals surface area contributed by atoms with Crippen molar-refractivity contribution in [2.45, 2.75) is 58.9 Å². The van der Waals surface area contributed by atoms with Gasteiger partial charge in [0.1, 0.15) is 0 Å². The van der Waals surface area contributed by atoms with Crippen LogP contribution < -0.4 is 5.32 Å². The van der Waals surface area contributed by atoms with Gasteiger partial charge in [-0.25, -0.2) is 0 Å². The van der Waals surface area contributed by atoms with Gasteiger partial charge in [0.25, 0.3) is 0 Å². The molecule has 1 saturated carbocycles. The molecule has 2 unspecified atom stereocenters. The van der Waals surface area contributed by atoms with Gasteiger partial charge in [0.15, 0.2) is 0 Å². The SMILES string of the molecule is CC(C)(C)C(=O)N1CCCC(C(=O)NC2CCN(CC3CC3)C2)C1. The Bertz CT molecular complexity index is 481. The fourth-order valence-corrected chi connectivity index (χ4v) is 3.95. The van der Waals surface area contributed by atoms with Crippen molar-refractivity contribution in [3.05, 3.63) is 0 Å². The number of nitrogens with one attached hydrogen (secondary N) is 1. The number of rotatable bonds is 4. The van der Waals surface area contributed by atoms with Crippen LogP contribution in [0.15, 0.2) is 0 Å². The molecule has 2 saturated heterocycles. The number of hydrogen-bond acceptors (Lipinski definition) is 3. The Labute approximate surface area is 146 Å². The first kappa shape index (κ1) is 17.7. The molecule has 5 heteroatoms. The number of carbonyl (C=O) groups is 2. The van der Waals surface area contributed by atoms with Crippen molar-refractivity contribution in [2.24, 2.45) is 17.3 Å². The van der Waals surface area contributed by atoms with Crippen molar-refractivity contribution >= 4 is 11.8 Å². The number of nitrogens with zero attached hydrogens (tertiary/aromatic N) is 2. The molecular weight excluding hydrogens is 302 g/mol. The van der Waals surface area contributed by atoms with Crippen LogP contribution in [0.1, 0.15) is 52.9 Å². The van der Waals surface area contributed by atoms with E-state index in [9.17, 15) is 9.59 Å². The predicted molar refractivity (Wildman–Crippen MR) is 94.5 cm³/mol. The third-order valence-electron chi connectivity index (χ3n) is 5.55. The third kappa shape index (κ3) is 4.50. The minimum atomic E-state index is -0.368. The highest BCUT2D eigenvalue weighted by atomic mass is 16.2. The summed E-state index contributed by atoms with van der Waals surface area (Å²) >= 11 is 0. The molecule has 3 fully saturated rings. The molecular formula is C19H33N3O2. The van der Waals surface area contributed by atoms with E-state index in [0.717, 1.165) is 44.8 Å². The van der Waals surface area contributed by atoms with Gasteiger partial charge in [-0.3, -0.25) is 9.59 Å². The van der Waals surface area contributed by atoms with Crippen LogP contribution >= 0.6 is 0 Å². The Morgan fingerprint density at radius 2 is 1.79 bits per heavy atom. The molecule has 2 aliphatic heterocycles. The minimum Gasteiger partial charge on any atom is -0.352 e. The number of likely N-dealkylation sites (tertiary alicyclic amines) is 2. The molecule has 2 heterocycles. The van der Waals surface area contributed by atoms with Crippen LogP contribution in [0, 0.1) is 17.3 Å². The Morgan fingerprint density at radius 1 is 1.04 bits per heavy atom. The lowest BCUT2D eigenvalue weighted by Gasteiger charge is -2.36. The molecule has 1 N–H and O–H groups in total. The van der Waals surface area contributed by atoms with Gasteiger partial charge < -0.3 is 15.1 Å². The minimum absolute atomic E-state index is 0.0393. The van der Waals surface area contributed by atoms with Gasteiger partial charge in [0.05, 0.1) is 5.92 Å². The first-order chi connectivity index (χ1) is 11.3. The lowest BCUT2D eigenvalue weighted by Crippen LogP contribution is -2.50. The summed E-state index contributed by atoms with van der Waals surface area (Å²) in [7, 11) is 0. The average molecular weight is 335 g/mol. The van der Waals surface area contributed by atoms with Gasteiger partial charge in [0, 0.05) is 44.2 Å². The molecule has 0 aromatic rings. The maximum atomic E-state index is 12.6. The van der Waals surface area contributed by atoms with Crippen molar-refractivity contribution in [3.63, 3.8) is 0 Å². The normalized spacial score (nSPS) is 28.9. The highest BCUT2D eigenvalue weighted by Crippen LogP contribution is 2.31. The smallest absolute Gasteiger partial charge is 0.227 e. The van der Waals surface area contributed by atoms with Crippen LogP contribution in [0.4, 0.5) is 0 Å². The van der Waals surface area contributed by atoms with Crippen molar-refractivity contribution < 1.29 is 9.59 Å². The van der Waals surface area contributed by atoms with E-state index in [4.69, 9.17) is 0 Å². The second kappa shape index (κ2) is 7.03. The molecule has 5 nitrogen and oxygen atoms in total. The monoisotopic (exact) mass is 335 g/mol. The number of piperidine rings is 1. The van der Waals surface area contributed by atoms with E-state index in [-0.39, 0.29) is 23.1 Å². The quantitative estimate of drug-likeness (QED) is 0.853. The Hall–Kier alpha value is -1.10. The zero-order valence-electron chi connectivity index (χ0n) is 15.5. The molecule has 0 aromatic carbocycles. The summed E-state index contributed by atoms with van der Waals surface area (Å²) in [6.07, 6.45) is 5.66. The van der Waals surface area contributed by atoms with Crippen LogP contribution in [-0.4, -0.2) is 60.4 Å². The van der Waals surface area contributed by atoms with Crippen molar-refractivity contribution in [1.29, 1.82) is 0 Å². The summed E-state index contributed by atoms with van der Waals surface area (Å²) in [5, 5.41) is 3.25. The standard InChI is InChI=1S/C19H33N3O2/c1-19(2,3)18(24)22-9-4-5-15(12-22)17(23)20-16-8-10-21(13-16)11-14-6-7-14/h14-16H,4-13H2,1-3H3,(H,20,23).